The van der Waals surface area contributed by atoms with Gasteiger partial charge in [-0.1, -0.05) is 34.8 Å². The predicted molar refractivity (Wildman–Crippen MR) is 225 cm³/mol. The number of furan rings is 3. The van der Waals surface area contributed by atoms with Crippen LogP contribution in [0.1, 0.15) is 48.4 Å². The molecule has 0 atom stereocenters. The van der Waals surface area contributed by atoms with Gasteiger partial charge in [0.1, 0.15) is 32.0 Å². The van der Waals surface area contributed by atoms with Crippen LogP contribution >= 0.6 is 34.8 Å². The topological polar surface area (TPSA) is 376 Å². The molecule has 3 aromatic heterocycles. The predicted octanol–water partition coefficient (Wildman–Crippen LogP) is 1.29. The number of sulfonamides is 3. The summed E-state index contributed by atoms with van der Waals surface area (Å²) in [5.41, 5.74) is -0.795. The largest absolute Gasteiger partial charge is 3.00 e. The van der Waals surface area contributed by atoms with Crippen LogP contribution in [0.5, 0.6) is 0 Å². The fraction of sp³-hybridized carbons (Fsp3) is 0.0833. The molecule has 9 N–H and O–H groups in total. The second-order valence-electron chi connectivity index (χ2n) is 12.3. The number of nitrogens with one attached hydrogen (secondary N) is 3. The van der Waals surface area contributed by atoms with Crippen molar-refractivity contribution < 1.29 is 68.2 Å². The fourth-order valence-electron chi connectivity index (χ4n) is 5.05. The van der Waals surface area contributed by atoms with Crippen molar-refractivity contribution in [3.05, 3.63) is 141 Å². The van der Waals surface area contributed by atoms with Crippen LogP contribution in [-0.2, 0) is 49.7 Å². The smallest absolute Gasteiger partial charge is 0.545 e. The number of carboxylic acid groups (broad SMARTS) is 3. The Hall–Kier alpha value is -5.56. The molecule has 336 valence electrons. The van der Waals surface area contributed by atoms with Gasteiger partial charge in [-0.25, -0.2) is 40.7 Å². The third-order valence-electron chi connectivity index (χ3n) is 7.89. The molecule has 28 heteroatoms. The maximum absolute atomic E-state index is 11.3. The number of anilines is 3. The van der Waals surface area contributed by atoms with E-state index < -0.39 is 62.7 Å². The molecule has 6 aromatic rings. The van der Waals surface area contributed by atoms with Crippen LogP contribution in [0.4, 0.5) is 17.1 Å². The summed E-state index contributed by atoms with van der Waals surface area (Å²) >= 11 is 17.4. The minimum Gasteiger partial charge on any atom is -0.545 e. The van der Waals surface area contributed by atoms with Crippen LogP contribution < -0.4 is 46.7 Å². The molecule has 0 aliphatic carbocycles. The first-order valence-corrected chi connectivity index (χ1v) is 22.7. The first-order chi connectivity index (χ1) is 29.4. The molecule has 0 unspecified atom stereocenters. The molecule has 64 heavy (non-hydrogen) atoms. The molecule has 0 bridgehead atoms. The van der Waals surface area contributed by atoms with Gasteiger partial charge >= 0.3 is 17.4 Å². The molecule has 6 rings (SSSR count). The van der Waals surface area contributed by atoms with E-state index in [1.54, 1.807) is 36.4 Å². The van der Waals surface area contributed by atoms with Crippen LogP contribution in [0.3, 0.4) is 0 Å². The minimum atomic E-state index is -4.13. The molecule has 0 aliphatic heterocycles. The molecule has 0 aliphatic rings. The first-order valence-electron chi connectivity index (χ1n) is 16.9. The van der Waals surface area contributed by atoms with Crippen molar-refractivity contribution in [2.75, 3.05) is 16.0 Å². The zero-order valence-electron chi connectivity index (χ0n) is 32.1. The van der Waals surface area contributed by atoms with E-state index in [1.807, 2.05) is 0 Å². The van der Waals surface area contributed by atoms with Crippen LogP contribution in [0, 0.1) is 0 Å². The summed E-state index contributed by atoms with van der Waals surface area (Å²) in [4.78, 5) is 31.9. The van der Waals surface area contributed by atoms with Crippen molar-refractivity contribution in [3.63, 3.8) is 0 Å². The van der Waals surface area contributed by atoms with Gasteiger partial charge in [-0.2, -0.15) is 0 Å². The Kier molecular flexibility index (Phi) is 18.5. The summed E-state index contributed by atoms with van der Waals surface area (Å²) in [6.07, 6.45) is 4.40. The van der Waals surface area contributed by atoms with E-state index in [1.165, 1.54) is 18.8 Å². The quantitative estimate of drug-likeness (QED) is 0.0789. The second-order valence-corrected chi connectivity index (χ2v) is 18.1. The van der Waals surface area contributed by atoms with E-state index in [4.69, 9.17) is 63.5 Å². The van der Waals surface area contributed by atoms with E-state index in [-0.39, 0.29) is 85.8 Å². The Balaban J connectivity index is 0.000000253. The molecule has 3 aromatic carbocycles. The van der Waals surface area contributed by atoms with Gasteiger partial charge in [-0.3, -0.25) is 0 Å². The van der Waals surface area contributed by atoms with Crippen LogP contribution in [0.25, 0.3) is 0 Å². The monoisotopic (exact) mass is 1010 g/mol. The number of carbonyl (C=O) groups excluding carboxylic acids is 3. The van der Waals surface area contributed by atoms with Crippen molar-refractivity contribution in [3.8, 4) is 0 Å². The molecule has 0 amide bonds. The number of primary sulfonamides is 3. The Morgan fingerprint density at radius 2 is 0.719 bits per heavy atom. The van der Waals surface area contributed by atoms with Crippen LogP contribution in [-0.4, -0.2) is 60.5 Å². The zero-order chi connectivity index (χ0) is 46.9. The van der Waals surface area contributed by atoms with Crippen LogP contribution in [0.15, 0.2) is 120 Å². The zero-order valence-corrected chi connectivity index (χ0v) is 37.9. The number of rotatable bonds is 15. The van der Waals surface area contributed by atoms with Gasteiger partial charge in [0.25, 0.3) is 0 Å². The number of hydrogen-bond acceptors (Lipinski definition) is 18. The second kappa shape index (κ2) is 22.4. The minimum absolute atomic E-state index is 0. The molecule has 0 saturated heterocycles. The number of nitrogens with two attached hydrogens (primary N) is 3. The summed E-state index contributed by atoms with van der Waals surface area (Å²) in [7, 11) is -12.4. The van der Waals surface area contributed by atoms with Gasteiger partial charge in [-0.05, 0) is 72.8 Å². The summed E-state index contributed by atoms with van der Waals surface area (Å²) < 4.78 is 83.2. The molecule has 0 radical (unpaired) electrons. The van der Waals surface area contributed by atoms with E-state index >= 15 is 0 Å². The van der Waals surface area contributed by atoms with Crippen molar-refractivity contribution in [1.29, 1.82) is 0 Å². The van der Waals surface area contributed by atoms with Crippen molar-refractivity contribution in [2.24, 2.45) is 15.4 Å². The number of halogens is 3. The van der Waals surface area contributed by atoms with E-state index in [0.717, 1.165) is 36.4 Å². The average Bonchev–Trinajstić information content (AvgIpc) is 3.99. The Labute approximate surface area is 389 Å². The molecular formula is C36H30AlCl3N6O15S3. The summed E-state index contributed by atoms with van der Waals surface area (Å²) in [6.45, 7) is 0.578. The van der Waals surface area contributed by atoms with Gasteiger partial charge in [0.15, 0.2) is 0 Å². The summed E-state index contributed by atoms with van der Waals surface area (Å²) in [5.74, 6) is -2.99. The van der Waals surface area contributed by atoms with Gasteiger partial charge in [0.05, 0.1) is 71.4 Å². The molecule has 0 fully saturated rings. The maximum atomic E-state index is 11.3. The standard InChI is InChI=1S/3C12H11ClN2O5S.Al/c3*13-9-5-10(15-6-7-2-1-3-20-7)8(12(16)17)4-11(9)21(14,18)19;/h3*1-5,15H,6H2,(H,16,17)(H2,14,18,19);/q;;;+3/p-3. The number of carboxylic acids is 3. The Morgan fingerprint density at radius 1 is 0.484 bits per heavy atom. The Morgan fingerprint density at radius 3 is 0.891 bits per heavy atom. The van der Waals surface area contributed by atoms with E-state index in [9.17, 15) is 55.0 Å². The molecule has 0 spiro atoms. The summed E-state index contributed by atoms with van der Waals surface area (Å²) in [6, 6.07) is 16.1. The van der Waals surface area contributed by atoms with Gasteiger partial charge in [-0.15, -0.1) is 0 Å². The number of hydrogen-bond donors (Lipinski definition) is 6. The average molecular weight is 1020 g/mol. The first kappa shape index (κ1) is 52.8. The number of aromatic carboxylic acids is 3. The van der Waals surface area contributed by atoms with Crippen LogP contribution in [0.2, 0.25) is 15.1 Å². The van der Waals surface area contributed by atoms with Gasteiger partial charge < -0.3 is 58.9 Å². The number of carbonyl (C=O) groups is 3. The molecular weight excluding hydrogens is 986 g/mol. The third-order valence-corrected chi connectivity index (χ3v) is 12.0. The third kappa shape index (κ3) is 14.8. The Bertz CT molecular complexity index is 2640. The fourth-order valence-corrected chi connectivity index (χ4v) is 8.34. The SMILES string of the molecule is NS(=O)(=O)c1cc(C(=O)[O-])c(NCc2ccco2)cc1Cl.NS(=O)(=O)c1cc(C(=O)[O-])c(NCc2ccco2)cc1Cl.NS(=O)(=O)c1cc(C(=O)[O-])c(NCc2ccco2)cc1Cl.[Al+3]. The van der Waals surface area contributed by atoms with Gasteiger partial charge in [0, 0.05) is 33.8 Å². The number of benzene rings is 3. The summed E-state index contributed by atoms with van der Waals surface area (Å²) in [5, 5.41) is 56.0. The molecule has 21 nitrogen and oxygen atoms in total. The van der Waals surface area contributed by atoms with E-state index in [2.05, 4.69) is 16.0 Å². The maximum Gasteiger partial charge on any atom is 3.00 e. The van der Waals surface area contributed by atoms with Crippen molar-refractivity contribution in [1.82, 2.24) is 0 Å². The van der Waals surface area contributed by atoms with Crippen molar-refractivity contribution in [2.45, 2.75) is 34.3 Å². The van der Waals surface area contributed by atoms with Crippen molar-refractivity contribution >= 4 is 117 Å². The normalized spacial score (nSPS) is 11.2. The van der Waals surface area contributed by atoms with Gasteiger partial charge in [0.2, 0.25) is 30.1 Å². The molecule has 3 heterocycles. The van der Waals surface area contributed by atoms with E-state index in [0.29, 0.717) is 17.3 Å². The molecule has 0 saturated carbocycles.